The van der Waals surface area contributed by atoms with Gasteiger partial charge in [-0.15, -0.1) is 0 Å². The SMILES string of the molecule is O=C(NC[C@H](O)COc1ccc(F)c(F)c1)[C@@H]1CC=CCC1. The maximum Gasteiger partial charge on any atom is 0.223 e. The quantitative estimate of drug-likeness (QED) is 0.792. The van der Waals surface area contributed by atoms with Gasteiger partial charge in [-0.25, -0.2) is 8.78 Å². The molecule has 0 radical (unpaired) electrons. The van der Waals surface area contributed by atoms with Gasteiger partial charge in [-0.05, 0) is 31.4 Å². The van der Waals surface area contributed by atoms with Crippen molar-refractivity contribution in [3.63, 3.8) is 0 Å². The van der Waals surface area contributed by atoms with Gasteiger partial charge in [0, 0.05) is 18.5 Å². The van der Waals surface area contributed by atoms with E-state index in [1.165, 1.54) is 6.07 Å². The van der Waals surface area contributed by atoms with Crippen LogP contribution in [0.1, 0.15) is 19.3 Å². The molecule has 0 spiro atoms. The van der Waals surface area contributed by atoms with Crippen LogP contribution >= 0.6 is 0 Å². The van der Waals surface area contributed by atoms with Crippen LogP contribution in [0, 0.1) is 17.6 Å². The molecule has 1 amide bonds. The van der Waals surface area contributed by atoms with Crippen molar-refractivity contribution in [1.82, 2.24) is 5.32 Å². The molecular formula is C16H19F2NO3. The lowest BCUT2D eigenvalue weighted by molar-refractivity contribution is -0.125. The second-order valence-corrected chi connectivity index (χ2v) is 5.27. The highest BCUT2D eigenvalue weighted by Crippen LogP contribution is 2.18. The van der Waals surface area contributed by atoms with Crippen LogP contribution in [0.4, 0.5) is 8.78 Å². The predicted molar refractivity (Wildman–Crippen MR) is 77.4 cm³/mol. The van der Waals surface area contributed by atoms with Gasteiger partial charge >= 0.3 is 0 Å². The molecule has 6 heteroatoms. The number of halogens is 2. The Morgan fingerprint density at radius 1 is 1.36 bits per heavy atom. The standard InChI is InChI=1S/C16H19F2NO3/c17-14-7-6-13(8-15(14)18)22-10-12(20)9-19-16(21)11-4-2-1-3-5-11/h1-2,6-8,11-12,20H,3-5,9-10H2,(H,19,21)/t11-,12+/m1/s1. The maximum absolute atomic E-state index is 13.0. The van der Waals surface area contributed by atoms with Gasteiger partial charge in [-0.1, -0.05) is 12.2 Å². The predicted octanol–water partition coefficient (Wildman–Crippen LogP) is 2.18. The molecule has 4 nitrogen and oxygen atoms in total. The Morgan fingerprint density at radius 3 is 2.86 bits per heavy atom. The van der Waals surface area contributed by atoms with E-state index in [0.29, 0.717) is 6.42 Å². The summed E-state index contributed by atoms with van der Waals surface area (Å²) in [5.74, 6) is -1.98. The second-order valence-electron chi connectivity index (χ2n) is 5.27. The molecule has 0 heterocycles. The van der Waals surface area contributed by atoms with E-state index in [-0.39, 0.29) is 30.7 Å². The summed E-state index contributed by atoms with van der Waals surface area (Å²) in [4.78, 5) is 11.9. The number of nitrogens with one attached hydrogen (secondary N) is 1. The average Bonchev–Trinajstić information content (AvgIpc) is 2.54. The first-order chi connectivity index (χ1) is 10.6. The van der Waals surface area contributed by atoms with E-state index in [2.05, 4.69) is 5.32 Å². The minimum Gasteiger partial charge on any atom is -0.491 e. The van der Waals surface area contributed by atoms with Crippen molar-refractivity contribution in [1.29, 1.82) is 0 Å². The number of hydrogen-bond donors (Lipinski definition) is 2. The van der Waals surface area contributed by atoms with E-state index >= 15 is 0 Å². The molecule has 0 aliphatic heterocycles. The highest BCUT2D eigenvalue weighted by Gasteiger charge is 2.19. The van der Waals surface area contributed by atoms with Gasteiger partial charge < -0.3 is 15.2 Å². The van der Waals surface area contributed by atoms with Crippen molar-refractivity contribution in [3.8, 4) is 5.75 Å². The van der Waals surface area contributed by atoms with E-state index in [1.807, 2.05) is 12.2 Å². The smallest absolute Gasteiger partial charge is 0.223 e. The molecule has 2 N–H and O–H groups in total. The van der Waals surface area contributed by atoms with Gasteiger partial charge in [0.25, 0.3) is 0 Å². The van der Waals surface area contributed by atoms with E-state index in [0.717, 1.165) is 25.0 Å². The largest absolute Gasteiger partial charge is 0.491 e. The number of carbonyl (C=O) groups is 1. The van der Waals surface area contributed by atoms with Crippen LogP contribution in [0.5, 0.6) is 5.75 Å². The minimum absolute atomic E-state index is 0.0516. The highest BCUT2D eigenvalue weighted by atomic mass is 19.2. The van der Waals surface area contributed by atoms with Crippen LogP contribution in [0.2, 0.25) is 0 Å². The molecule has 1 aliphatic carbocycles. The minimum atomic E-state index is -1.01. The third-order valence-corrected chi connectivity index (χ3v) is 3.49. The summed E-state index contributed by atoms with van der Waals surface area (Å²) in [6, 6.07) is 3.14. The number of rotatable bonds is 6. The summed E-state index contributed by atoms with van der Waals surface area (Å²) in [6.07, 6.45) is 5.53. The molecule has 0 saturated heterocycles. The molecule has 2 rings (SSSR count). The Kier molecular flexibility index (Phi) is 5.89. The van der Waals surface area contributed by atoms with Crippen molar-refractivity contribution in [2.45, 2.75) is 25.4 Å². The average molecular weight is 311 g/mol. The van der Waals surface area contributed by atoms with Crippen molar-refractivity contribution < 1.29 is 23.4 Å². The van der Waals surface area contributed by atoms with Crippen LogP contribution in [0.15, 0.2) is 30.4 Å². The first-order valence-electron chi connectivity index (χ1n) is 7.25. The van der Waals surface area contributed by atoms with Crippen molar-refractivity contribution in [2.75, 3.05) is 13.2 Å². The Bertz CT molecular complexity index is 548. The lowest BCUT2D eigenvalue weighted by Gasteiger charge is -2.19. The summed E-state index contributed by atoms with van der Waals surface area (Å²) in [5.41, 5.74) is 0. The molecule has 1 aromatic rings. The topological polar surface area (TPSA) is 58.6 Å². The Hall–Kier alpha value is -1.95. The number of benzene rings is 1. The molecule has 0 unspecified atom stereocenters. The summed E-state index contributed by atoms with van der Waals surface area (Å²) in [6.45, 7) is -0.0569. The first kappa shape index (κ1) is 16.4. The Labute approximate surface area is 127 Å². The number of carbonyl (C=O) groups excluding carboxylic acids is 1. The highest BCUT2D eigenvalue weighted by molar-refractivity contribution is 5.78. The Morgan fingerprint density at radius 2 is 2.18 bits per heavy atom. The monoisotopic (exact) mass is 311 g/mol. The van der Waals surface area contributed by atoms with Gasteiger partial charge in [-0.3, -0.25) is 4.79 Å². The molecule has 1 aliphatic rings. The molecule has 0 aromatic heterocycles. The normalized spacial score (nSPS) is 18.8. The van der Waals surface area contributed by atoms with E-state index in [1.54, 1.807) is 0 Å². The van der Waals surface area contributed by atoms with Crippen LogP contribution < -0.4 is 10.1 Å². The number of aliphatic hydroxyl groups is 1. The lowest BCUT2D eigenvalue weighted by atomic mass is 9.94. The van der Waals surface area contributed by atoms with Crippen LogP contribution in [0.3, 0.4) is 0 Å². The van der Waals surface area contributed by atoms with Gasteiger partial charge in [0.15, 0.2) is 11.6 Å². The van der Waals surface area contributed by atoms with E-state index < -0.39 is 17.7 Å². The van der Waals surface area contributed by atoms with E-state index in [9.17, 15) is 18.7 Å². The summed E-state index contributed by atoms with van der Waals surface area (Å²) >= 11 is 0. The summed E-state index contributed by atoms with van der Waals surface area (Å²) in [5, 5.41) is 12.4. The number of ether oxygens (including phenoxy) is 1. The lowest BCUT2D eigenvalue weighted by Crippen LogP contribution is -2.38. The second kappa shape index (κ2) is 7.89. The van der Waals surface area contributed by atoms with Crippen molar-refractivity contribution >= 4 is 5.91 Å². The summed E-state index contributed by atoms with van der Waals surface area (Å²) < 4.78 is 30.9. The van der Waals surface area contributed by atoms with Crippen molar-refractivity contribution in [3.05, 3.63) is 42.0 Å². The third-order valence-electron chi connectivity index (χ3n) is 3.49. The number of aliphatic hydroxyl groups excluding tert-OH is 1. The van der Waals surface area contributed by atoms with Crippen LogP contribution in [-0.4, -0.2) is 30.3 Å². The maximum atomic E-state index is 13.0. The fourth-order valence-electron chi connectivity index (χ4n) is 2.21. The third kappa shape index (κ3) is 4.80. The molecular weight excluding hydrogens is 292 g/mol. The van der Waals surface area contributed by atoms with Gasteiger partial charge in [0.2, 0.25) is 5.91 Å². The molecule has 0 saturated carbocycles. The molecule has 2 atom stereocenters. The zero-order valence-electron chi connectivity index (χ0n) is 12.1. The molecule has 1 aromatic carbocycles. The van der Waals surface area contributed by atoms with Crippen LogP contribution in [0.25, 0.3) is 0 Å². The summed E-state index contributed by atoms with van der Waals surface area (Å²) in [7, 11) is 0. The molecule has 0 fully saturated rings. The first-order valence-corrected chi connectivity index (χ1v) is 7.25. The zero-order chi connectivity index (χ0) is 15.9. The fraction of sp³-hybridized carbons (Fsp3) is 0.438. The van der Waals surface area contributed by atoms with Crippen LogP contribution in [-0.2, 0) is 4.79 Å². The molecule has 0 bridgehead atoms. The van der Waals surface area contributed by atoms with Crippen molar-refractivity contribution in [2.24, 2.45) is 5.92 Å². The van der Waals surface area contributed by atoms with Gasteiger partial charge in [0.1, 0.15) is 18.5 Å². The Balaban J connectivity index is 1.71. The number of hydrogen-bond acceptors (Lipinski definition) is 3. The zero-order valence-corrected chi connectivity index (χ0v) is 12.1. The van der Waals surface area contributed by atoms with Gasteiger partial charge in [0.05, 0.1) is 0 Å². The fourth-order valence-corrected chi connectivity index (χ4v) is 2.21. The molecule has 120 valence electrons. The number of allylic oxidation sites excluding steroid dienone is 2. The number of amides is 1. The molecule has 22 heavy (non-hydrogen) atoms. The van der Waals surface area contributed by atoms with Gasteiger partial charge in [-0.2, -0.15) is 0 Å². The van der Waals surface area contributed by atoms with E-state index in [4.69, 9.17) is 4.74 Å².